The van der Waals surface area contributed by atoms with Gasteiger partial charge in [0.2, 0.25) is 15.9 Å². The zero-order valence-electron chi connectivity index (χ0n) is 17.0. The molecule has 0 radical (unpaired) electrons. The van der Waals surface area contributed by atoms with Crippen molar-refractivity contribution >= 4 is 15.9 Å². The number of nitrogens with one attached hydrogen (secondary N) is 1. The second-order valence-electron chi connectivity index (χ2n) is 7.69. The van der Waals surface area contributed by atoms with Crippen molar-refractivity contribution in [1.29, 1.82) is 0 Å². The van der Waals surface area contributed by atoms with Gasteiger partial charge in [0.25, 0.3) is 0 Å². The first-order valence-electron chi connectivity index (χ1n) is 9.02. The van der Waals surface area contributed by atoms with Crippen molar-refractivity contribution in [3.05, 3.63) is 59.7 Å². The average molecular weight is 405 g/mol. The molecule has 0 aromatic heterocycles. The van der Waals surface area contributed by atoms with Crippen LogP contribution in [-0.4, -0.2) is 37.8 Å². The van der Waals surface area contributed by atoms with E-state index in [0.717, 1.165) is 5.56 Å². The van der Waals surface area contributed by atoms with Crippen LogP contribution in [0.2, 0.25) is 0 Å². The molecule has 0 aliphatic carbocycles. The normalized spacial score (nSPS) is 12.1. The van der Waals surface area contributed by atoms with E-state index in [1.807, 2.05) is 51.1 Å². The van der Waals surface area contributed by atoms with Crippen LogP contribution >= 0.6 is 0 Å². The van der Waals surface area contributed by atoms with Crippen LogP contribution in [-0.2, 0) is 21.4 Å². The predicted octanol–water partition coefficient (Wildman–Crippen LogP) is 3.11. The summed E-state index contributed by atoms with van der Waals surface area (Å²) in [5, 5.41) is 2.82. The molecule has 1 amide bonds. The number of hydrogen-bond donors (Lipinski definition) is 1. The molecule has 0 bridgehead atoms. The Morgan fingerprint density at radius 3 is 2.29 bits per heavy atom. The number of carbonyl (C=O) groups is 1. The minimum absolute atomic E-state index is 0.103. The van der Waals surface area contributed by atoms with Crippen molar-refractivity contribution < 1.29 is 17.9 Å². The van der Waals surface area contributed by atoms with E-state index in [0.29, 0.717) is 11.3 Å². The van der Waals surface area contributed by atoms with Crippen LogP contribution in [0.3, 0.4) is 0 Å². The maximum absolute atomic E-state index is 13.3. The number of methoxy groups -OCH3 is 1. The molecule has 2 aromatic carbocycles. The monoisotopic (exact) mass is 404 g/mol. The molecule has 0 saturated heterocycles. The number of benzene rings is 2. The van der Waals surface area contributed by atoms with Gasteiger partial charge in [-0.1, -0.05) is 30.3 Å². The van der Waals surface area contributed by atoms with Crippen LogP contribution in [0.4, 0.5) is 0 Å². The summed E-state index contributed by atoms with van der Waals surface area (Å²) in [6.45, 7) is 7.19. The number of rotatable bonds is 7. The van der Waals surface area contributed by atoms with E-state index in [1.165, 1.54) is 17.5 Å². The fourth-order valence-corrected chi connectivity index (χ4v) is 4.26. The highest BCUT2D eigenvalue weighted by molar-refractivity contribution is 7.89. The second kappa shape index (κ2) is 8.75. The Hall–Kier alpha value is -2.38. The molecule has 152 valence electrons. The first-order chi connectivity index (χ1) is 13.0. The maximum Gasteiger partial charge on any atom is 0.243 e. The molecule has 0 spiro atoms. The van der Waals surface area contributed by atoms with Gasteiger partial charge in [-0.25, -0.2) is 8.42 Å². The Balaban J connectivity index is 2.38. The van der Waals surface area contributed by atoms with Gasteiger partial charge in [-0.15, -0.1) is 0 Å². The molecule has 0 aliphatic rings. The molecule has 2 rings (SSSR count). The second-order valence-corrected chi connectivity index (χ2v) is 9.63. The van der Waals surface area contributed by atoms with Gasteiger partial charge in [-0.3, -0.25) is 4.79 Å². The summed E-state index contributed by atoms with van der Waals surface area (Å²) >= 11 is 0. The lowest BCUT2D eigenvalue weighted by Crippen LogP contribution is -2.47. The van der Waals surface area contributed by atoms with Crippen LogP contribution in [0.1, 0.15) is 31.9 Å². The van der Waals surface area contributed by atoms with Crippen molar-refractivity contribution in [2.45, 2.75) is 44.7 Å². The molecular weight excluding hydrogens is 376 g/mol. The third kappa shape index (κ3) is 5.81. The Morgan fingerprint density at radius 2 is 1.75 bits per heavy atom. The van der Waals surface area contributed by atoms with Gasteiger partial charge in [-0.05, 0) is 57.0 Å². The maximum atomic E-state index is 13.3. The standard InChI is InChI=1S/C21H28N2O4S/c1-16-13-18(11-12-19(16)27-5)28(25,26)23(14-17-9-7-6-8-10-17)15-20(24)22-21(2,3)4/h6-13H,14-15H2,1-5H3,(H,22,24). The third-order valence-corrected chi connectivity index (χ3v) is 5.83. The zero-order chi connectivity index (χ0) is 20.9. The minimum atomic E-state index is -3.88. The minimum Gasteiger partial charge on any atom is -0.496 e. The number of nitrogens with zero attached hydrogens (tertiary/aromatic N) is 1. The van der Waals surface area contributed by atoms with E-state index < -0.39 is 15.6 Å². The first kappa shape index (κ1) is 21.9. The summed E-state index contributed by atoms with van der Waals surface area (Å²) < 4.78 is 33.0. The molecule has 0 fully saturated rings. The molecule has 6 nitrogen and oxygen atoms in total. The molecule has 0 unspecified atom stereocenters. The number of sulfonamides is 1. The fraction of sp³-hybridized carbons (Fsp3) is 0.381. The number of amides is 1. The van der Waals surface area contributed by atoms with Crippen molar-refractivity contribution in [2.24, 2.45) is 0 Å². The van der Waals surface area contributed by atoms with E-state index in [4.69, 9.17) is 4.74 Å². The van der Waals surface area contributed by atoms with Crippen LogP contribution in [0.5, 0.6) is 5.75 Å². The SMILES string of the molecule is COc1ccc(S(=O)(=O)N(CC(=O)NC(C)(C)C)Cc2ccccc2)cc1C. The average Bonchev–Trinajstić information content (AvgIpc) is 2.60. The summed E-state index contributed by atoms with van der Waals surface area (Å²) in [4.78, 5) is 12.6. The Morgan fingerprint density at radius 1 is 1.11 bits per heavy atom. The molecule has 0 heterocycles. The van der Waals surface area contributed by atoms with Gasteiger partial charge in [0.1, 0.15) is 5.75 Å². The van der Waals surface area contributed by atoms with Gasteiger partial charge in [0.15, 0.2) is 0 Å². The lowest BCUT2D eigenvalue weighted by molar-refractivity contribution is -0.122. The molecule has 0 aliphatic heterocycles. The first-order valence-corrected chi connectivity index (χ1v) is 10.5. The molecule has 2 aromatic rings. The number of carbonyl (C=O) groups excluding carboxylic acids is 1. The Labute approximate surface area is 167 Å². The third-order valence-electron chi connectivity index (χ3n) is 4.04. The van der Waals surface area contributed by atoms with Gasteiger partial charge in [-0.2, -0.15) is 4.31 Å². The molecule has 28 heavy (non-hydrogen) atoms. The van der Waals surface area contributed by atoms with Crippen molar-refractivity contribution in [2.75, 3.05) is 13.7 Å². The molecule has 0 saturated carbocycles. The highest BCUT2D eigenvalue weighted by Gasteiger charge is 2.28. The van der Waals surface area contributed by atoms with Gasteiger partial charge >= 0.3 is 0 Å². The molecule has 1 N–H and O–H groups in total. The fourth-order valence-electron chi connectivity index (χ4n) is 2.79. The smallest absolute Gasteiger partial charge is 0.243 e. The quantitative estimate of drug-likeness (QED) is 0.769. The van der Waals surface area contributed by atoms with E-state index >= 15 is 0 Å². The molecular formula is C21H28N2O4S. The summed E-state index contributed by atoms with van der Waals surface area (Å²) in [5.74, 6) is 0.260. The van der Waals surface area contributed by atoms with Crippen LogP contribution in [0.15, 0.2) is 53.4 Å². The van der Waals surface area contributed by atoms with Crippen LogP contribution in [0, 0.1) is 6.92 Å². The zero-order valence-corrected chi connectivity index (χ0v) is 17.8. The number of hydrogen-bond acceptors (Lipinski definition) is 4. The topological polar surface area (TPSA) is 75.7 Å². The van der Waals surface area contributed by atoms with Crippen LogP contribution < -0.4 is 10.1 Å². The van der Waals surface area contributed by atoms with E-state index in [2.05, 4.69) is 5.32 Å². The van der Waals surface area contributed by atoms with Crippen molar-refractivity contribution in [3.63, 3.8) is 0 Å². The summed E-state index contributed by atoms with van der Waals surface area (Å²) in [5.41, 5.74) is 1.07. The Bertz CT molecular complexity index is 919. The highest BCUT2D eigenvalue weighted by Crippen LogP contribution is 2.24. The van der Waals surface area contributed by atoms with Crippen molar-refractivity contribution in [1.82, 2.24) is 9.62 Å². The number of aryl methyl sites for hydroxylation is 1. The lowest BCUT2D eigenvalue weighted by atomic mass is 10.1. The van der Waals surface area contributed by atoms with E-state index in [-0.39, 0.29) is 23.9 Å². The van der Waals surface area contributed by atoms with E-state index in [9.17, 15) is 13.2 Å². The Kier molecular flexibility index (Phi) is 6.85. The summed E-state index contributed by atoms with van der Waals surface area (Å²) in [6.07, 6.45) is 0. The number of ether oxygens (including phenoxy) is 1. The van der Waals surface area contributed by atoms with Gasteiger partial charge in [0.05, 0.1) is 18.6 Å². The van der Waals surface area contributed by atoms with E-state index in [1.54, 1.807) is 19.1 Å². The van der Waals surface area contributed by atoms with Crippen LogP contribution in [0.25, 0.3) is 0 Å². The van der Waals surface area contributed by atoms with Gasteiger partial charge < -0.3 is 10.1 Å². The van der Waals surface area contributed by atoms with Crippen molar-refractivity contribution in [3.8, 4) is 5.75 Å². The van der Waals surface area contributed by atoms with Gasteiger partial charge in [0, 0.05) is 12.1 Å². The predicted molar refractivity (Wildman–Crippen MR) is 110 cm³/mol. The summed E-state index contributed by atoms with van der Waals surface area (Å²) in [7, 11) is -2.34. The largest absolute Gasteiger partial charge is 0.496 e. The molecule has 0 atom stereocenters. The molecule has 7 heteroatoms. The highest BCUT2D eigenvalue weighted by atomic mass is 32.2. The lowest BCUT2D eigenvalue weighted by Gasteiger charge is -2.26. The summed E-state index contributed by atoms with van der Waals surface area (Å²) in [6, 6.07) is 13.9.